The highest BCUT2D eigenvalue weighted by Crippen LogP contribution is 2.18. The summed E-state index contributed by atoms with van der Waals surface area (Å²) in [6, 6.07) is 19.0. The number of halogens is 1. The lowest BCUT2D eigenvalue weighted by Crippen LogP contribution is -2.16. The van der Waals surface area contributed by atoms with Gasteiger partial charge in [-0.05, 0) is 41.5 Å². The van der Waals surface area contributed by atoms with E-state index in [0.29, 0.717) is 5.69 Å². The molecule has 0 amide bonds. The van der Waals surface area contributed by atoms with Crippen molar-refractivity contribution in [3.05, 3.63) is 89.1 Å². The zero-order valence-electron chi connectivity index (χ0n) is 10.7. The predicted octanol–water partition coefficient (Wildman–Crippen LogP) is 3.64. The van der Waals surface area contributed by atoms with Gasteiger partial charge in [-0.25, -0.2) is 4.39 Å². The van der Waals surface area contributed by atoms with Crippen molar-refractivity contribution in [2.75, 3.05) is 0 Å². The fraction of sp³-hybridized carbons (Fsp3) is 0. The van der Waals surface area contributed by atoms with Crippen LogP contribution in [-0.2, 0) is 0 Å². The second-order valence-corrected chi connectivity index (χ2v) is 4.47. The maximum atomic E-state index is 13.0. The minimum atomic E-state index is -0.319. The second-order valence-electron chi connectivity index (χ2n) is 4.47. The summed E-state index contributed by atoms with van der Waals surface area (Å²) in [7, 11) is 0. The van der Waals surface area contributed by atoms with Gasteiger partial charge in [0.2, 0.25) is 0 Å². The van der Waals surface area contributed by atoms with Crippen LogP contribution in [0.2, 0.25) is 0 Å². The molecule has 0 bridgehead atoms. The van der Waals surface area contributed by atoms with Gasteiger partial charge in [0.15, 0.2) is 0 Å². The fourth-order valence-electron chi connectivity index (χ4n) is 2.09. The van der Waals surface area contributed by atoms with Gasteiger partial charge in [0, 0.05) is 18.0 Å². The predicted molar refractivity (Wildman–Crippen MR) is 77.4 cm³/mol. The number of nitrogens with zero attached hydrogens (tertiary/aromatic N) is 1. The lowest BCUT2D eigenvalue weighted by Gasteiger charge is -2.08. The molecule has 0 saturated carbocycles. The molecule has 0 spiro atoms. The highest BCUT2D eigenvalue weighted by molar-refractivity contribution is 5.62. The Balaban J connectivity index is 2.12. The second kappa shape index (κ2) is 5.13. The molecule has 2 nitrogen and oxygen atoms in total. The number of pyridine rings is 1. The maximum absolute atomic E-state index is 13.0. The van der Waals surface area contributed by atoms with E-state index in [1.54, 1.807) is 24.4 Å². The van der Waals surface area contributed by atoms with Crippen LogP contribution >= 0.6 is 0 Å². The zero-order valence-corrected chi connectivity index (χ0v) is 10.7. The molecule has 0 atom stereocenters. The molecule has 3 rings (SSSR count). The van der Waals surface area contributed by atoms with Crippen LogP contribution in [0.3, 0.4) is 0 Å². The Labute approximate surface area is 115 Å². The highest BCUT2D eigenvalue weighted by Gasteiger charge is 2.03. The summed E-state index contributed by atoms with van der Waals surface area (Å²) in [4.78, 5) is 12.0. The first kappa shape index (κ1) is 12.4. The average Bonchev–Trinajstić information content (AvgIpc) is 2.50. The lowest BCUT2D eigenvalue weighted by molar-refractivity contribution is 0.627. The zero-order chi connectivity index (χ0) is 13.9. The number of aromatic nitrogens is 1. The largest absolute Gasteiger partial charge is 0.284 e. The van der Waals surface area contributed by atoms with Gasteiger partial charge in [-0.3, -0.25) is 9.36 Å². The van der Waals surface area contributed by atoms with Gasteiger partial charge < -0.3 is 0 Å². The van der Waals surface area contributed by atoms with E-state index in [1.807, 2.05) is 30.3 Å². The molecular formula is C17H12FNO. The van der Waals surface area contributed by atoms with Gasteiger partial charge in [0.25, 0.3) is 5.56 Å². The average molecular weight is 265 g/mol. The van der Waals surface area contributed by atoms with Gasteiger partial charge >= 0.3 is 0 Å². The molecule has 0 radical (unpaired) electrons. The van der Waals surface area contributed by atoms with E-state index in [0.717, 1.165) is 11.1 Å². The summed E-state index contributed by atoms with van der Waals surface area (Å²) in [5, 5.41) is 0. The van der Waals surface area contributed by atoms with Crippen molar-refractivity contribution in [3.63, 3.8) is 0 Å². The van der Waals surface area contributed by atoms with Crippen molar-refractivity contribution >= 4 is 0 Å². The van der Waals surface area contributed by atoms with Gasteiger partial charge in [0.05, 0.1) is 0 Å². The van der Waals surface area contributed by atoms with E-state index in [9.17, 15) is 9.18 Å². The molecule has 0 aliphatic rings. The third kappa shape index (κ3) is 2.38. The molecule has 1 aromatic heterocycles. The molecule has 0 aliphatic heterocycles. The molecule has 20 heavy (non-hydrogen) atoms. The molecule has 3 heteroatoms. The minimum Gasteiger partial charge on any atom is -0.284 e. The van der Waals surface area contributed by atoms with Crippen molar-refractivity contribution < 1.29 is 4.39 Å². The van der Waals surface area contributed by atoms with Crippen LogP contribution in [0.1, 0.15) is 0 Å². The standard InChI is InChI=1S/C17H12FNO/c18-15-7-9-16(10-8-15)19-12-14(6-11-17(19)20)13-4-2-1-3-5-13/h1-12H. The minimum absolute atomic E-state index is 0.142. The van der Waals surface area contributed by atoms with Crippen LogP contribution in [0.4, 0.5) is 4.39 Å². The Morgan fingerprint density at radius 1 is 0.750 bits per heavy atom. The maximum Gasteiger partial charge on any atom is 0.255 e. The Hall–Kier alpha value is -2.68. The van der Waals surface area contributed by atoms with E-state index in [1.165, 1.54) is 22.8 Å². The third-order valence-corrected chi connectivity index (χ3v) is 3.12. The van der Waals surface area contributed by atoms with Crippen molar-refractivity contribution in [1.82, 2.24) is 4.57 Å². The number of hydrogen-bond acceptors (Lipinski definition) is 1. The first-order chi connectivity index (χ1) is 9.74. The molecule has 2 aromatic carbocycles. The Morgan fingerprint density at radius 3 is 2.15 bits per heavy atom. The topological polar surface area (TPSA) is 22.0 Å². The molecule has 0 saturated heterocycles. The van der Waals surface area contributed by atoms with Crippen LogP contribution in [0.5, 0.6) is 0 Å². The number of rotatable bonds is 2. The third-order valence-electron chi connectivity index (χ3n) is 3.12. The van der Waals surface area contributed by atoms with Crippen LogP contribution in [-0.4, -0.2) is 4.57 Å². The van der Waals surface area contributed by atoms with Crippen LogP contribution in [0.25, 0.3) is 16.8 Å². The monoisotopic (exact) mass is 265 g/mol. The normalized spacial score (nSPS) is 10.4. The van der Waals surface area contributed by atoms with Gasteiger partial charge in [-0.2, -0.15) is 0 Å². The summed E-state index contributed by atoms with van der Waals surface area (Å²) in [6.45, 7) is 0. The summed E-state index contributed by atoms with van der Waals surface area (Å²) in [5.41, 5.74) is 2.48. The Morgan fingerprint density at radius 2 is 1.45 bits per heavy atom. The number of hydrogen-bond donors (Lipinski definition) is 0. The smallest absolute Gasteiger partial charge is 0.255 e. The summed E-state index contributed by atoms with van der Waals surface area (Å²) < 4.78 is 14.5. The van der Waals surface area contributed by atoms with Crippen molar-refractivity contribution in [3.8, 4) is 16.8 Å². The first-order valence-corrected chi connectivity index (χ1v) is 6.28. The molecule has 0 unspecified atom stereocenters. The summed E-state index contributed by atoms with van der Waals surface area (Å²) >= 11 is 0. The van der Waals surface area contributed by atoms with Gasteiger partial charge in [0.1, 0.15) is 5.82 Å². The van der Waals surface area contributed by atoms with E-state index >= 15 is 0 Å². The molecule has 0 N–H and O–H groups in total. The summed E-state index contributed by atoms with van der Waals surface area (Å²) in [6.07, 6.45) is 1.77. The fourth-order valence-corrected chi connectivity index (χ4v) is 2.09. The SMILES string of the molecule is O=c1ccc(-c2ccccc2)cn1-c1ccc(F)cc1. The van der Waals surface area contributed by atoms with E-state index in [2.05, 4.69) is 0 Å². The van der Waals surface area contributed by atoms with E-state index in [4.69, 9.17) is 0 Å². The van der Waals surface area contributed by atoms with Gasteiger partial charge in [-0.15, -0.1) is 0 Å². The van der Waals surface area contributed by atoms with E-state index < -0.39 is 0 Å². The van der Waals surface area contributed by atoms with Crippen LogP contribution in [0, 0.1) is 5.82 Å². The number of benzene rings is 2. The van der Waals surface area contributed by atoms with Crippen molar-refractivity contribution in [2.24, 2.45) is 0 Å². The van der Waals surface area contributed by atoms with Crippen molar-refractivity contribution in [1.29, 1.82) is 0 Å². The quantitative estimate of drug-likeness (QED) is 0.693. The highest BCUT2D eigenvalue weighted by atomic mass is 19.1. The van der Waals surface area contributed by atoms with E-state index in [-0.39, 0.29) is 11.4 Å². The molecule has 3 aromatic rings. The van der Waals surface area contributed by atoms with Crippen LogP contribution < -0.4 is 5.56 Å². The molecule has 0 aliphatic carbocycles. The Kier molecular flexibility index (Phi) is 3.17. The first-order valence-electron chi connectivity index (χ1n) is 6.28. The molecular weight excluding hydrogens is 253 g/mol. The lowest BCUT2D eigenvalue weighted by atomic mass is 10.1. The molecule has 1 heterocycles. The molecule has 98 valence electrons. The van der Waals surface area contributed by atoms with Gasteiger partial charge in [-0.1, -0.05) is 30.3 Å². The molecule has 0 fully saturated rings. The Bertz CT molecular complexity index is 776. The van der Waals surface area contributed by atoms with Crippen molar-refractivity contribution in [2.45, 2.75) is 0 Å². The summed E-state index contributed by atoms with van der Waals surface area (Å²) in [5.74, 6) is -0.319. The van der Waals surface area contributed by atoms with Crippen LogP contribution in [0.15, 0.2) is 77.7 Å².